The number of aryl methyl sites for hydroxylation is 3. The molecule has 5 heteroatoms. The van der Waals surface area contributed by atoms with Crippen LogP contribution in [0.4, 0.5) is 0 Å². The molecule has 0 radical (unpaired) electrons. The van der Waals surface area contributed by atoms with Crippen molar-refractivity contribution >= 4 is 43.1 Å². The Balaban J connectivity index is 0.000000287. The van der Waals surface area contributed by atoms with E-state index >= 15 is 0 Å². The third-order valence-electron chi connectivity index (χ3n) is 4.99. The number of carbonyl (C=O) groups excluding carboxylic acids is 1. The first-order chi connectivity index (χ1) is 16.6. The molecule has 35 heavy (non-hydrogen) atoms. The fraction of sp³-hybridized carbons (Fsp3) is 0.200. The minimum atomic E-state index is -0.402. The molecule has 3 nitrogen and oxygen atoms in total. The number of benzene rings is 3. The maximum absolute atomic E-state index is 11.3. The molecule has 3 rings (SSSR count). The minimum Gasteiger partial charge on any atom is -0.508 e. The van der Waals surface area contributed by atoms with Crippen molar-refractivity contribution in [2.75, 3.05) is 7.11 Å². The average molecular weight is 509 g/mol. The molecule has 0 atom stereocenters. The lowest BCUT2D eigenvalue weighted by Crippen LogP contribution is -2.10. The van der Waals surface area contributed by atoms with E-state index in [9.17, 15) is 4.79 Å². The number of allylic oxidation sites excluding steroid dienone is 1. The molecule has 0 aliphatic carbocycles. The highest BCUT2D eigenvalue weighted by molar-refractivity contribution is 7.26. The van der Waals surface area contributed by atoms with Gasteiger partial charge in [0.15, 0.2) is 0 Å². The molecule has 3 aromatic carbocycles. The number of rotatable bonds is 5. The maximum atomic E-state index is 11.3. The monoisotopic (exact) mass is 508 g/mol. The molecule has 0 aromatic heterocycles. The van der Waals surface area contributed by atoms with Crippen LogP contribution in [-0.4, -0.2) is 23.5 Å². The molecular formula is C30H34ClO3P. The van der Waals surface area contributed by atoms with Gasteiger partial charge in [-0.1, -0.05) is 85.3 Å². The Morgan fingerprint density at radius 1 is 1.06 bits per heavy atom. The highest BCUT2D eigenvalue weighted by Gasteiger charge is 2.07. The molecule has 0 saturated carbocycles. The first-order valence-corrected chi connectivity index (χ1v) is 12.1. The first kappa shape index (κ1) is 29.9. The zero-order valence-electron chi connectivity index (χ0n) is 21.1. The zero-order valence-corrected chi connectivity index (χ0v) is 22.8. The molecule has 0 bridgehead atoms. The van der Waals surface area contributed by atoms with Crippen molar-refractivity contribution < 1.29 is 14.6 Å². The van der Waals surface area contributed by atoms with Crippen molar-refractivity contribution in [3.63, 3.8) is 0 Å². The summed E-state index contributed by atoms with van der Waals surface area (Å²) in [5.74, 6) is -0.274. The standard InChI is InChI=1S/C13H14ClO2P.C9H10O.C8H10/c1-8-4-5-10(14)7-11(8)9(2)6-12(17)13(15)16-3;1-7-4-3-5-9(6-7)8(2)10;1-2-8-6-4-3-5-7-8/h4-7,17H,1-3H3;3-6,10H,2H2,1H3;3-7H,2H2,1H3/b9-6+;;. The van der Waals surface area contributed by atoms with Gasteiger partial charge in [0.25, 0.3) is 0 Å². The van der Waals surface area contributed by atoms with Crippen LogP contribution in [0.1, 0.15) is 41.7 Å². The summed E-state index contributed by atoms with van der Waals surface area (Å²) in [5.41, 5.74) is 6.39. The molecule has 0 unspecified atom stereocenters. The summed E-state index contributed by atoms with van der Waals surface area (Å²) in [4.78, 5) is 11.3. The Hall–Kier alpha value is -3.13. The third-order valence-corrected chi connectivity index (χ3v) is 5.58. The maximum Gasteiger partial charge on any atom is 0.341 e. The molecule has 0 saturated heterocycles. The van der Waals surface area contributed by atoms with Gasteiger partial charge >= 0.3 is 5.97 Å². The van der Waals surface area contributed by atoms with Crippen LogP contribution in [-0.2, 0) is 16.0 Å². The predicted octanol–water partition coefficient (Wildman–Crippen LogP) is 8.31. The van der Waals surface area contributed by atoms with E-state index in [0.29, 0.717) is 10.3 Å². The quantitative estimate of drug-likeness (QED) is 0.214. The number of aliphatic hydroxyl groups excluding tert-OH is 1. The van der Waals surface area contributed by atoms with Gasteiger partial charge in [-0.05, 0) is 73.7 Å². The molecule has 0 aliphatic rings. The number of methoxy groups -OCH3 is 1. The number of esters is 1. The average Bonchev–Trinajstić information content (AvgIpc) is 2.86. The molecule has 0 amide bonds. The van der Waals surface area contributed by atoms with Crippen LogP contribution in [0.3, 0.4) is 0 Å². The van der Waals surface area contributed by atoms with Crippen LogP contribution >= 0.6 is 20.5 Å². The summed E-state index contributed by atoms with van der Waals surface area (Å²) in [6.07, 6.45) is 2.86. The van der Waals surface area contributed by atoms with Crippen molar-refractivity contribution in [3.8, 4) is 0 Å². The van der Waals surface area contributed by atoms with Gasteiger partial charge in [-0.2, -0.15) is 0 Å². The number of hydrogen-bond donors (Lipinski definition) is 1. The van der Waals surface area contributed by atoms with E-state index in [1.54, 1.807) is 6.08 Å². The lowest BCUT2D eigenvalue weighted by molar-refractivity contribution is -0.132. The minimum absolute atomic E-state index is 0.128. The SMILES string of the molecule is C=C(O)c1cccc(C)c1.CCc1ccccc1.COC(=O)C(=P)/C=C(\C)c1cc(Cl)ccc1C. The summed E-state index contributed by atoms with van der Waals surface area (Å²) in [6.45, 7) is 11.5. The van der Waals surface area contributed by atoms with E-state index < -0.39 is 5.97 Å². The Morgan fingerprint density at radius 3 is 2.20 bits per heavy atom. The van der Waals surface area contributed by atoms with E-state index in [2.05, 4.69) is 51.4 Å². The fourth-order valence-corrected chi connectivity index (χ4v) is 3.51. The first-order valence-electron chi connectivity index (χ1n) is 11.2. The van der Waals surface area contributed by atoms with E-state index in [4.69, 9.17) is 16.7 Å². The van der Waals surface area contributed by atoms with Gasteiger partial charge in [-0.15, -0.1) is 8.86 Å². The molecule has 0 spiro atoms. The summed E-state index contributed by atoms with van der Waals surface area (Å²) < 4.78 is 4.61. The van der Waals surface area contributed by atoms with Gasteiger partial charge in [0.1, 0.15) is 5.76 Å². The van der Waals surface area contributed by atoms with Gasteiger partial charge in [0.2, 0.25) is 0 Å². The van der Waals surface area contributed by atoms with Gasteiger partial charge in [-0.3, -0.25) is 0 Å². The van der Waals surface area contributed by atoms with E-state index in [0.717, 1.165) is 34.2 Å². The lowest BCUT2D eigenvalue weighted by atomic mass is 10.0. The molecule has 1 N–H and O–H groups in total. The Kier molecular flexibility index (Phi) is 13.4. The summed E-state index contributed by atoms with van der Waals surface area (Å²) in [6, 6.07) is 23.7. The van der Waals surface area contributed by atoms with Gasteiger partial charge in [-0.25, -0.2) is 4.79 Å². The van der Waals surface area contributed by atoms with Crippen molar-refractivity contribution in [2.45, 2.75) is 34.1 Å². The van der Waals surface area contributed by atoms with Crippen molar-refractivity contribution in [2.24, 2.45) is 0 Å². The van der Waals surface area contributed by atoms with Gasteiger partial charge < -0.3 is 9.84 Å². The number of hydrogen-bond acceptors (Lipinski definition) is 3. The fourth-order valence-electron chi connectivity index (χ4n) is 3.02. The van der Waals surface area contributed by atoms with Crippen LogP contribution in [0, 0.1) is 13.8 Å². The second kappa shape index (κ2) is 15.7. The zero-order chi connectivity index (χ0) is 26.4. The van der Waals surface area contributed by atoms with E-state index in [-0.39, 0.29) is 5.76 Å². The molecule has 0 fully saturated rings. The van der Waals surface area contributed by atoms with E-state index in [1.807, 2.05) is 69.3 Å². The number of halogens is 1. The smallest absolute Gasteiger partial charge is 0.341 e. The van der Waals surface area contributed by atoms with E-state index in [1.165, 1.54) is 12.7 Å². The molecule has 184 valence electrons. The highest BCUT2D eigenvalue weighted by Crippen LogP contribution is 2.22. The second-order valence-electron chi connectivity index (χ2n) is 7.85. The summed E-state index contributed by atoms with van der Waals surface area (Å²) >= 11 is 5.95. The van der Waals surface area contributed by atoms with Crippen molar-refractivity contribution in [1.29, 1.82) is 0 Å². The topological polar surface area (TPSA) is 46.5 Å². The van der Waals surface area contributed by atoms with Crippen molar-refractivity contribution in [3.05, 3.63) is 118 Å². The molecule has 0 aliphatic heterocycles. The Labute approximate surface area is 217 Å². The van der Waals surface area contributed by atoms with Crippen LogP contribution in [0.2, 0.25) is 5.02 Å². The normalized spacial score (nSPS) is 10.2. The van der Waals surface area contributed by atoms with Crippen LogP contribution in [0.5, 0.6) is 0 Å². The summed E-state index contributed by atoms with van der Waals surface area (Å²) in [5, 5.41) is 10.0. The molecular weight excluding hydrogens is 475 g/mol. The number of carbonyl (C=O) groups is 1. The second-order valence-corrected chi connectivity index (χ2v) is 8.82. The largest absolute Gasteiger partial charge is 0.508 e. The van der Waals surface area contributed by atoms with Gasteiger partial charge in [0, 0.05) is 10.6 Å². The van der Waals surface area contributed by atoms with Crippen molar-refractivity contribution in [1.82, 2.24) is 0 Å². The third kappa shape index (κ3) is 11.2. The van der Waals surface area contributed by atoms with Crippen LogP contribution in [0.15, 0.2) is 85.5 Å². The van der Waals surface area contributed by atoms with Crippen LogP contribution in [0.25, 0.3) is 11.3 Å². The Bertz CT molecular complexity index is 1170. The molecule has 0 heterocycles. The molecule has 3 aromatic rings. The summed E-state index contributed by atoms with van der Waals surface area (Å²) in [7, 11) is 4.57. The van der Waals surface area contributed by atoms with Gasteiger partial charge in [0.05, 0.1) is 12.4 Å². The van der Waals surface area contributed by atoms with Crippen LogP contribution < -0.4 is 0 Å². The lowest BCUT2D eigenvalue weighted by Gasteiger charge is -2.07. The highest BCUT2D eigenvalue weighted by atomic mass is 35.5. The number of ether oxygens (including phenoxy) is 1. The predicted molar refractivity (Wildman–Crippen MR) is 154 cm³/mol. The Morgan fingerprint density at radius 2 is 1.71 bits per heavy atom. The number of aliphatic hydroxyl groups is 1.